The lowest BCUT2D eigenvalue weighted by molar-refractivity contribution is -0.125. The first-order valence-corrected chi connectivity index (χ1v) is 8.36. The molecule has 4 heteroatoms. The van der Waals surface area contributed by atoms with Gasteiger partial charge in [-0.15, -0.1) is 12.4 Å². The molecule has 2 fully saturated rings. The van der Waals surface area contributed by atoms with E-state index in [1.165, 1.54) is 30.4 Å². The zero-order valence-corrected chi connectivity index (χ0v) is 13.6. The largest absolute Gasteiger partial charge is 0.352 e. The lowest BCUT2D eigenvalue weighted by Crippen LogP contribution is -2.55. The molecule has 4 rings (SSSR count). The summed E-state index contributed by atoms with van der Waals surface area (Å²) in [5, 5.41) is 3.39. The summed E-state index contributed by atoms with van der Waals surface area (Å²) in [4.78, 5) is 12.6. The highest BCUT2D eigenvalue weighted by Crippen LogP contribution is 2.41. The fourth-order valence-corrected chi connectivity index (χ4v) is 4.78. The van der Waals surface area contributed by atoms with Gasteiger partial charge in [0, 0.05) is 12.1 Å². The van der Waals surface area contributed by atoms with E-state index < -0.39 is 0 Å². The SMILES string of the molecule is Cl.NC1CC2CCCC(C1)C2NC(=O)C1Cc2ccccc21. The topological polar surface area (TPSA) is 55.1 Å². The molecule has 3 atom stereocenters. The maximum Gasteiger partial charge on any atom is 0.228 e. The van der Waals surface area contributed by atoms with Crippen molar-refractivity contribution >= 4 is 18.3 Å². The molecule has 3 nitrogen and oxygen atoms in total. The minimum Gasteiger partial charge on any atom is -0.352 e. The fourth-order valence-electron chi connectivity index (χ4n) is 4.78. The van der Waals surface area contributed by atoms with E-state index in [1.807, 2.05) is 6.07 Å². The molecule has 0 heterocycles. The summed E-state index contributed by atoms with van der Waals surface area (Å²) in [6.45, 7) is 0. The number of hydrogen-bond donors (Lipinski definition) is 2. The van der Waals surface area contributed by atoms with Gasteiger partial charge in [0.15, 0.2) is 0 Å². The zero-order chi connectivity index (χ0) is 14.4. The molecular weight excluding hydrogens is 296 g/mol. The Morgan fingerprint density at radius 1 is 1.14 bits per heavy atom. The van der Waals surface area contributed by atoms with Crippen molar-refractivity contribution in [2.75, 3.05) is 0 Å². The zero-order valence-electron chi connectivity index (χ0n) is 12.8. The molecule has 1 aromatic rings. The molecule has 3 N–H and O–H groups in total. The number of nitrogens with one attached hydrogen (secondary N) is 1. The number of fused-ring (bicyclic) bond motifs is 3. The first kappa shape index (κ1) is 15.8. The van der Waals surface area contributed by atoms with Crippen LogP contribution in [0, 0.1) is 11.8 Å². The van der Waals surface area contributed by atoms with Crippen LogP contribution >= 0.6 is 12.4 Å². The number of nitrogens with two attached hydrogens (primary N) is 1. The van der Waals surface area contributed by atoms with Crippen LogP contribution in [0.4, 0.5) is 0 Å². The first-order chi connectivity index (χ1) is 10.2. The molecular formula is C18H25ClN2O. The Kier molecular flexibility index (Phi) is 4.47. The van der Waals surface area contributed by atoms with Gasteiger partial charge in [-0.25, -0.2) is 0 Å². The summed E-state index contributed by atoms with van der Waals surface area (Å²) >= 11 is 0. The van der Waals surface area contributed by atoms with Crippen molar-refractivity contribution in [2.24, 2.45) is 17.6 Å². The van der Waals surface area contributed by atoms with E-state index in [9.17, 15) is 4.79 Å². The van der Waals surface area contributed by atoms with Crippen molar-refractivity contribution in [1.82, 2.24) is 5.32 Å². The van der Waals surface area contributed by atoms with Crippen molar-refractivity contribution in [1.29, 1.82) is 0 Å². The van der Waals surface area contributed by atoms with Crippen LogP contribution in [-0.4, -0.2) is 18.0 Å². The number of carbonyl (C=O) groups is 1. The number of carbonyl (C=O) groups excluding carboxylic acids is 1. The Hall–Kier alpha value is -1.06. The highest BCUT2D eigenvalue weighted by molar-refractivity contribution is 5.87. The van der Waals surface area contributed by atoms with Gasteiger partial charge in [0.25, 0.3) is 0 Å². The summed E-state index contributed by atoms with van der Waals surface area (Å²) < 4.78 is 0. The smallest absolute Gasteiger partial charge is 0.228 e. The second kappa shape index (κ2) is 6.21. The predicted molar refractivity (Wildman–Crippen MR) is 90.1 cm³/mol. The van der Waals surface area contributed by atoms with E-state index in [2.05, 4.69) is 23.5 Å². The molecule has 2 saturated carbocycles. The molecule has 0 aliphatic heterocycles. The van der Waals surface area contributed by atoms with Gasteiger partial charge in [-0.3, -0.25) is 4.79 Å². The molecule has 0 saturated heterocycles. The highest BCUT2D eigenvalue weighted by atomic mass is 35.5. The molecule has 2 bridgehead atoms. The van der Waals surface area contributed by atoms with E-state index in [1.54, 1.807) is 0 Å². The summed E-state index contributed by atoms with van der Waals surface area (Å²) in [5.41, 5.74) is 8.73. The van der Waals surface area contributed by atoms with Crippen molar-refractivity contribution in [2.45, 2.75) is 56.5 Å². The number of rotatable bonds is 2. The van der Waals surface area contributed by atoms with Gasteiger partial charge >= 0.3 is 0 Å². The molecule has 0 radical (unpaired) electrons. The van der Waals surface area contributed by atoms with Gasteiger partial charge in [-0.1, -0.05) is 30.7 Å². The number of amides is 1. The number of halogens is 1. The minimum absolute atomic E-state index is 0. The second-order valence-corrected chi connectivity index (χ2v) is 7.17. The third-order valence-corrected chi connectivity index (χ3v) is 5.86. The van der Waals surface area contributed by atoms with Gasteiger partial charge in [-0.05, 0) is 55.1 Å². The summed E-state index contributed by atoms with van der Waals surface area (Å²) in [7, 11) is 0. The van der Waals surface area contributed by atoms with Gasteiger partial charge in [0.1, 0.15) is 0 Å². The van der Waals surface area contributed by atoms with Crippen molar-refractivity contribution in [3.8, 4) is 0 Å². The van der Waals surface area contributed by atoms with Crippen LogP contribution in [0.3, 0.4) is 0 Å². The maximum absolute atomic E-state index is 12.6. The van der Waals surface area contributed by atoms with Crippen molar-refractivity contribution in [3.05, 3.63) is 35.4 Å². The third-order valence-electron chi connectivity index (χ3n) is 5.86. The van der Waals surface area contributed by atoms with Crippen LogP contribution < -0.4 is 11.1 Å². The average Bonchev–Trinajstić information content (AvgIpc) is 2.41. The third kappa shape index (κ3) is 2.65. The normalized spacial score (nSPS) is 35.6. The van der Waals surface area contributed by atoms with Gasteiger partial charge in [0.2, 0.25) is 5.91 Å². The van der Waals surface area contributed by atoms with E-state index >= 15 is 0 Å². The minimum atomic E-state index is 0. The Labute approximate surface area is 138 Å². The molecule has 22 heavy (non-hydrogen) atoms. The monoisotopic (exact) mass is 320 g/mol. The Balaban J connectivity index is 0.00000144. The number of hydrogen-bond acceptors (Lipinski definition) is 2. The van der Waals surface area contributed by atoms with E-state index in [-0.39, 0.29) is 24.2 Å². The number of benzene rings is 1. The molecule has 3 aliphatic rings. The molecule has 1 aromatic carbocycles. The van der Waals surface area contributed by atoms with Crippen LogP contribution in [0.1, 0.15) is 49.1 Å². The van der Waals surface area contributed by atoms with Crippen LogP contribution in [-0.2, 0) is 11.2 Å². The van der Waals surface area contributed by atoms with Crippen molar-refractivity contribution < 1.29 is 4.79 Å². The highest BCUT2D eigenvalue weighted by Gasteiger charge is 2.41. The van der Waals surface area contributed by atoms with E-state index in [0.29, 0.717) is 23.9 Å². The van der Waals surface area contributed by atoms with Crippen LogP contribution in [0.5, 0.6) is 0 Å². The van der Waals surface area contributed by atoms with Crippen molar-refractivity contribution in [3.63, 3.8) is 0 Å². The van der Waals surface area contributed by atoms with Gasteiger partial charge < -0.3 is 11.1 Å². The molecule has 1 amide bonds. The summed E-state index contributed by atoms with van der Waals surface area (Å²) in [6, 6.07) is 9.04. The van der Waals surface area contributed by atoms with Crippen LogP contribution in [0.15, 0.2) is 24.3 Å². The maximum atomic E-state index is 12.6. The quantitative estimate of drug-likeness (QED) is 0.880. The summed E-state index contributed by atoms with van der Waals surface area (Å²) in [6.07, 6.45) is 6.85. The van der Waals surface area contributed by atoms with E-state index in [4.69, 9.17) is 5.73 Å². The summed E-state index contributed by atoms with van der Waals surface area (Å²) in [5.74, 6) is 1.53. The Morgan fingerprint density at radius 3 is 2.50 bits per heavy atom. The first-order valence-electron chi connectivity index (χ1n) is 8.36. The van der Waals surface area contributed by atoms with Crippen LogP contribution in [0.25, 0.3) is 0 Å². The molecule has 0 aromatic heterocycles. The molecule has 120 valence electrons. The Morgan fingerprint density at radius 2 is 1.82 bits per heavy atom. The Bertz CT molecular complexity index is 548. The molecule has 3 unspecified atom stereocenters. The molecule has 3 aliphatic carbocycles. The lowest BCUT2D eigenvalue weighted by atomic mass is 9.66. The second-order valence-electron chi connectivity index (χ2n) is 7.17. The average molecular weight is 321 g/mol. The fraction of sp³-hybridized carbons (Fsp3) is 0.611. The van der Waals surface area contributed by atoms with Gasteiger partial charge in [-0.2, -0.15) is 0 Å². The lowest BCUT2D eigenvalue weighted by Gasteiger charge is -2.46. The predicted octanol–water partition coefficient (Wildman–Crippen LogP) is 2.77. The molecule has 0 spiro atoms. The van der Waals surface area contributed by atoms with Crippen LogP contribution in [0.2, 0.25) is 0 Å². The standard InChI is InChI=1S/C18H24N2O.ClH/c19-14-8-12-5-3-6-13(9-14)17(12)20-18(21)16-10-11-4-1-2-7-15(11)16;/h1-2,4,7,12-14,16-17H,3,5-6,8-10,19H2,(H,20,21);1H. The van der Waals surface area contributed by atoms with Gasteiger partial charge in [0.05, 0.1) is 5.92 Å². The van der Waals surface area contributed by atoms with E-state index in [0.717, 1.165) is 19.3 Å².